The van der Waals surface area contributed by atoms with Gasteiger partial charge in [-0.3, -0.25) is 4.79 Å². The minimum absolute atomic E-state index is 0.111. The molecular weight excluding hydrogens is 210 g/mol. The van der Waals surface area contributed by atoms with Crippen LogP contribution in [0.25, 0.3) is 0 Å². The number of hydrogen-bond acceptors (Lipinski definition) is 2. The molecule has 0 aromatic carbocycles. The average Bonchev–Trinajstić information content (AvgIpc) is 1.64. The summed E-state index contributed by atoms with van der Waals surface area (Å²) < 4.78 is 2.33. The summed E-state index contributed by atoms with van der Waals surface area (Å²) in [7, 11) is 0. The maximum atomic E-state index is 9.58. The van der Waals surface area contributed by atoms with Crippen LogP contribution in [0.5, 0.6) is 0 Å². The average molecular weight is 212 g/mol. The fourth-order valence-corrected chi connectivity index (χ4v) is 0.322. The third-order valence-electron chi connectivity index (χ3n) is 0.432. The molecule has 0 aliphatic rings. The minimum Gasteiger partial charge on any atom is -0.444 e. The Bertz CT molecular complexity index is 98.5. The predicted molar refractivity (Wildman–Crippen MR) is 37.1 cm³/mol. The largest absolute Gasteiger partial charge is 0.444 e. The molecule has 54 valence electrons. The molecule has 0 heterocycles. The third kappa shape index (κ3) is 4.09. The summed E-state index contributed by atoms with van der Waals surface area (Å²) in [6, 6.07) is 0. The highest BCUT2D eigenvalue weighted by Crippen LogP contribution is 2.33. The van der Waals surface area contributed by atoms with Crippen molar-refractivity contribution in [1.82, 2.24) is 0 Å². The Labute approximate surface area is 72.0 Å². The van der Waals surface area contributed by atoms with Crippen molar-refractivity contribution in [1.29, 1.82) is 0 Å². The molecule has 0 aromatic heterocycles. The van der Waals surface area contributed by atoms with Gasteiger partial charge in [0.15, 0.2) is 0 Å². The van der Waals surface area contributed by atoms with Gasteiger partial charge in [0.25, 0.3) is 6.47 Å². The quantitative estimate of drug-likeness (QED) is 0.517. The van der Waals surface area contributed by atoms with Gasteiger partial charge in [0, 0.05) is 0 Å². The smallest absolute Gasteiger partial charge is 0.294 e. The Balaban J connectivity index is 3.72. The van der Waals surface area contributed by atoms with Crippen LogP contribution in [0, 0.1) is 0 Å². The molecule has 0 aliphatic carbocycles. The Morgan fingerprint density at radius 2 is 1.89 bits per heavy atom. The molecule has 0 aromatic rings. The van der Waals surface area contributed by atoms with E-state index in [2.05, 4.69) is 4.74 Å². The van der Waals surface area contributed by atoms with Crippen molar-refractivity contribution in [2.75, 3.05) is 0 Å². The summed E-state index contributed by atoms with van der Waals surface area (Å²) in [5.74, 6) is 0. The number of carbonyl (C=O) groups is 1. The number of alkyl halides is 4. The molecular formula is C3H2Cl4O2. The number of rotatable bonds is 2. The van der Waals surface area contributed by atoms with E-state index < -0.39 is 9.36 Å². The van der Waals surface area contributed by atoms with Crippen LogP contribution in [-0.2, 0) is 9.53 Å². The zero-order valence-corrected chi connectivity index (χ0v) is 7.01. The van der Waals surface area contributed by atoms with Crippen molar-refractivity contribution in [2.24, 2.45) is 0 Å². The van der Waals surface area contributed by atoms with E-state index in [1.807, 2.05) is 0 Å². The van der Waals surface area contributed by atoms with Crippen LogP contribution in [0.1, 0.15) is 0 Å². The molecule has 1 unspecified atom stereocenters. The van der Waals surface area contributed by atoms with Crippen molar-refractivity contribution >= 4 is 52.9 Å². The fourth-order valence-electron chi connectivity index (χ4n) is 0.126. The lowest BCUT2D eigenvalue weighted by atomic mass is 10.8. The van der Waals surface area contributed by atoms with Gasteiger partial charge in [-0.2, -0.15) is 0 Å². The Hall–Kier alpha value is 0.630. The molecule has 2 nitrogen and oxygen atoms in total. The molecule has 1 atom stereocenters. The lowest BCUT2D eigenvalue weighted by Crippen LogP contribution is -2.21. The summed E-state index contributed by atoms with van der Waals surface area (Å²) in [6.07, 6.45) is 0. The first-order valence-corrected chi connectivity index (χ1v) is 3.35. The first-order valence-electron chi connectivity index (χ1n) is 1.78. The van der Waals surface area contributed by atoms with Gasteiger partial charge in [0.1, 0.15) is 0 Å². The molecule has 0 spiro atoms. The standard InChI is InChI=1S/C3H2Cl4O2/c4-2(9-1-8)3(5,6)7/h1-2H. The van der Waals surface area contributed by atoms with Gasteiger partial charge in [-0.05, 0) is 0 Å². The van der Waals surface area contributed by atoms with Crippen molar-refractivity contribution in [2.45, 2.75) is 9.36 Å². The number of halogens is 4. The van der Waals surface area contributed by atoms with E-state index in [4.69, 9.17) is 46.4 Å². The topological polar surface area (TPSA) is 26.3 Å². The number of carbonyl (C=O) groups excluding carboxylic acids is 1. The first-order chi connectivity index (χ1) is 3.98. The molecule has 0 N–H and O–H groups in total. The van der Waals surface area contributed by atoms with Gasteiger partial charge in [-0.1, -0.05) is 46.4 Å². The van der Waals surface area contributed by atoms with Gasteiger partial charge >= 0.3 is 0 Å². The Morgan fingerprint density at radius 1 is 1.44 bits per heavy atom. The zero-order valence-electron chi connectivity index (χ0n) is 3.98. The highest BCUT2D eigenvalue weighted by Gasteiger charge is 2.32. The molecule has 0 fully saturated rings. The second-order valence-corrected chi connectivity index (χ2v) is 3.86. The van der Waals surface area contributed by atoms with Crippen LogP contribution in [0.3, 0.4) is 0 Å². The van der Waals surface area contributed by atoms with Crippen LogP contribution < -0.4 is 0 Å². The number of hydrogen-bond donors (Lipinski definition) is 0. The van der Waals surface area contributed by atoms with E-state index in [0.717, 1.165) is 0 Å². The highest BCUT2D eigenvalue weighted by molar-refractivity contribution is 6.70. The van der Waals surface area contributed by atoms with E-state index in [1.165, 1.54) is 0 Å². The molecule has 0 bridgehead atoms. The van der Waals surface area contributed by atoms with Crippen molar-refractivity contribution in [3.8, 4) is 0 Å². The SMILES string of the molecule is O=COC(Cl)C(Cl)(Cl)Cl. The first kappa shape index (κ1) is 9.63. The monoisotopic (exact) mass is 210 g/mol. The zero-order chi connectivity index (χ0) is 7.49. The van der Waals surface area contributed by atoms with Crippen molar-refractivity contribution in [3.63, 3.8) is 0 Å². The van der Waals surface area contributed by atoms with Crippen LogP contribution in [0.15, 0.2) is 0 Å². The van der Waals surface area contributed by atoms with Gasteiger partial charge in [0.2, 0.25) is 9.36 Å². The molecule has 0 radical (unpaired) electrons. The van der Waals surface area contributed by atoms with E-state index in [0.29, 0.717) is 0 Å². The molecule has 0 amide bonds. The maximum Gasteiger partial charge on any atom is 0.294 e. The fraction of sp³-hybridized carbons (Fsp3) is 0.667. The van der Waals surface area contributed by atoms with E-state index in [-0.39, 0.29) is 6.47 Å². The third-order valence-corrected chi connectivity index (χ3v) is 1.79. The second-order valence-electron chi connectivity index (χ2n) is 1.09. The van der Waals surface area contributed by atoms with E-state index in [9.17, 15) is 4.79 Å². The Kier molecular flexibility index (Phi) is 3.97. The molecule has 6 heteroatoms. The number of ether oxygens (including phenoxy) is 1. The van der Waals surface area contributed by atoms with Gasteiger partial charge in [-0.25, -0.2) is 0 Å². The van der Waals surface area contributed by atoms with Gasteiger partial charge in [-0.15, -0.1) is 0 Å². The normalized spacial score (nSPS) is 14.7. The molecule has 0 saturated heterocycles. The Morgan fingerprint density at radius 3 is 2.00 bits per heavy atom. The second kappa shape index (κ2) is 3.71. The molecule has 0 saturated carbocycles. The molecule has 9 heavy (non-hydrogen) atoms. The maximum absolute atomic E-state index is 9.58. The summed E-state index contributed by atoms with van der Waals surface area (Å²) in [4.78, 5) is 9.58. The summed E-state index contributed by atoms with van der Waals surface area (Å²) in [5.41, 5.74) is -1.24. The van der Waals surface area contributed by atoms with Gasteiger partial charge < -0.3 is 4.74 Å². The van der Waals surface area contributed by atoms with Crippen LogP contribution in [-0.4, -0.2) is 15.8 Å². The van der Waals surface area contributed by atoms with E-state index >= 15 is 0 Å². The lowest BCUT2D eigenvalue weighted by molar-refractivity contribution is -0.130. The summed E-state index contributed by atoms with van der Waals surface area (Å²) in [5, 5.41) is 0. The predicted octanol–water partition coefficient (Wildman–Crippen LogP) is 2.09. The van der Waals surface area contributed by atoms with Crippen molar-refractivity contribution < 1.29 is 9.53 Å². The minimum atomic E-state index is -1.76. The summed E-state index contributed by atoms with van der Waals surface area (Å²) in [6.45, 7) is 0.111. The molecule has 0 rings (SSSR count). The molecule has 0 aliphatic heterocycles. The van der Waals surface area contributed by atoms with Gasteiger partial charge in [0.05, 0.1) is 0 Å². The van der Waals surface area contributed by atoms with Crippen LogP contribution in [0.4, 0.5) is 0 Å². The van der Waals surface area contributed by atoms with E-state index in [1.54, 1.807) is 0 Å². The van der Waals surface area contributed by atoms with Crippen molar-refractivity contribution in [3.05, 3.63) is 0 Å². The van der Waals surface area contributed by atoms with Crippen LogP contribution in [0.2, 0.25) is 0 Å². The highest BCUT2D eigenvalue weighted by atomic mass is 35.6. The summed E-state index contributed by atoms with van der Waals surface area (Å²) >= 11 is 20.7. The lowest BCUT2D eigenvalue weighted by Gasteiger charge is -2.14. The van der Waals surface area contributed by atoms with Crippen LogP contribution >= 0.6 is 46.4 Å².